The summed E-state index contributed by atoms with van der Waals surface area (Å²) in [5.41, 5.74) is 2.06. The summed E-state index contributed by atoms with van der Waals surface area (Å²) < 4.78 is 11.0. The highest BCUT2D eigenvalue weighted by Crippen LogP contribution is 2.31. The Morgan fingerprint density at radius 1 is 1.36 bits per heavy atom. The van der Waals surface area contributed by atoms with Crippen molar-refractivity contribution in [2.75, 3.05) is 27.3 Å². The molecule has 1 saturated heterocycles. The zero-order valence-electron chi connectivity index (χ0n) is 12.6. The van der Waals surface area contributed by atoms with Gasteiger partial charge in [0.05, 0.1) is 25.1 Å². The van der Waals surface area contributed by atoms with Crippen molar-refractivity contribution in [1.29, 1.82) is 0 Å². The zero-order valence-corrected chi connectivity index (χ0v) is 13.4. The van der Waals surface area contributed by atoms with Gasteiger partial charge in [-0.25, -0.2) is 0 Å². The van der Waals surface area contributed by atoms with Gasteiger partial charge in [0.25, 0.3) is 0 Å². The molecule has 0 bridgehead atoms. The van der Waals surface area contributed by atoms with Gasteiger partial charge in [-0.1, -0.05) is 17.7 Å². The fourth-order valence-electron chi connectivity index (χ4n) is 2.98. The summed E-state index contributed by atoms with van der Waals surface area (Å²) in [6.07, 6.45) is 1.88. The predicted octanol–water partition coefficient (Wildman–Crippen LogP) is 2.08. The number of aromatic nitrogens is 3. The van der Waals surface area contributed by atoms with Crippen LogP contribution < -0.4 is 4.74 Å². The lowest BCUT2D eigenvalue weighted by atomic mass is 10.0. The number of methoxy groups -OCH3 is 2. The van der Waals surface area contributed by atoms with E-state index in [1.165, 1.54) is 0 Å². The highest BCUT2D eigenvalue weighted by molar-refractivity contribution is 6.30. The van der Waals surface area contributed by atoms with Gasteiger partial charge in [0.2, 0.25) is 0 Å². The molecule has 1 aromatic heterocycles. The molecule has 1 aliphatic rings. The molecule has 6 nitrogen and oxygen atoms in total. The van der Waals surface area contributed by atoms with Crippen molar-refractivity contribution in [2.24, 2.45) is 0 Å². The molecule has 0 spiro atoms. The van der Waals surface area contributed by atoms with E-state index in [0.717, 1.165) is 36.6 Å². The number of hydrogen-bond acceptors (Lipinski definition) is 5. The molecule has 1 N–H and O–H groups in total. The molecule has 1 aliphatic heterocycles. The van der Waals surface area contributed by atoms with Crippen molar-refractivity contribution in [3.05, 3.63) is 40.7 Å². The Labute approximate surface area is 134 Å². The summed E-state index contributed by atoms with van der Waals surface area (Å²) >= 11 is 6.02. The predicted molar refractivity (Wildman–Crippen MR) is 83.2 cm³/mol. The van der Waals surface area contributed by atoms with Gasteiger partial charge in [0.15, 0.2) is 0 Å². The Kier molecular flexibility index (Phi) is 4.61. The molecule has 2 atom stereocenters. The Hall–Kier alpha value is -1.63. The third-order valence-electron chi connectivity index (χ3n) is 4.10. The number of ether oxygens (including phenoxy) is 2. The largest absolute Gasteiger partial charge is 0.496 e. The van der Waals surface area contributed by atoms with Crippen LogP contribution in [0.15, 0.2) is 24.4 Å². The normalized spacial score (nSPS) is 22.1. The summed E-state index contributed by atoms with van der Waals surface area (Å²) in [6, 6.07) is 5.74. The number of halogens is 1. The average Bonchev–Trinajstić information content (AvgIpc) is 3.17. The van der Waals surface area contributed by atoms with Crippen LogP contribution in [0.1, 0.15) is 17.2 Å². The van der Waals surface area contributed by atoms with Gasteiger partial charge in [-0.05, 0) is 12.1 Å². The van der Waals surface area contributed by atoms with Gasteiger partial charge in [-0.2, -0.15) is 15.4 Å². The van der Waals surface area contributed by atoms with Crippen molar-refractivity contribution in [1.82, 2.24) is 20.3 Å². The molecule has 0 aliphatic carbocycles. The van der Waals surface area contributed by atoms with Gasteiger partial charge in [-0.3, -0.25) is 4.90 Å². The standard InChI is InChI=1S/C15H19ClN4O2/c1-21-14-5-11(16)4-3-10(14)7-20-8-12(15(9-20)22-2)13-6-17-19-18-13/h3-6,12,15H,7-9H2,1-2H3,(H,17,18,19)/t12-,15+/m0/s1. The molecule has 0 unspecified atom stereocenters. The molecule has 7 heteroatoms. The van der Waals surface area contributed by atoms with E-state index in [1.54, 1.807) is 20.4 Å². The third-order valence-corrected chi connectivity index (χ3v) is 4.34. The fraction of sp³-hybridized carbons (Fsp3) is 0.467. The van der Waals surface area contributed by atoms with Crippen LogP contribution in [0.25, 0.3) is 0 Å². The third kappa shape index (κ3) is 3.09. The molecule has 2 heterocycles. The van der Waals surface area contributed by atoms with Gasteiger partial charge >= 0.3 is 0 Å². The lowest BCUT2D eigenvalue weighted by Crippen LogP contribution is -2.22. The molecule has 0 amide bonds. The van der Waals surface area contributed by atoms with E-state index >= 15 is 0 Å². The summed E-state index contributed by atoms with van der Waals surface area (Å²) in [7, 11) is 3.40. The second kappa shape index (κ2) is 6.64. The van der Waals surface area contributed by atoms with Crippen LogP contribution in [-0.4, -0.2) is 53.7 Å². The number of benzene rings is 1. The first-order valence-electron chi connectivity index (χ1n) is 7.14. The summed E-state index contributed by atoms with van der Waals surface area (Å²) in [5, 5.41) is 11.4. The van der Waals surface area contributed by atoms with Crippen LogP contribution in [0.5, 0.6) is 5.75 Å². The van der Waals surface area contributed by atoms with Gasteiger partial charge in [0.1, 0.15) is 5.75 Å². The van der Waals surface area contributed by atoms with Crippen molar-refractivity contribution in [3.8, 4) is 5.75 Å². The van der Waals surface area contributed by atoms with E-state index < -0.39 is 0 Å². The Bertz CT molecular complexity index is 620. The first-order chi connectivity index (χ1) is 10.7. The molecule has 2 aromatic rings. The molecular formula is C15H19ClN4O2. The molecule has 3 rings (SSSR count). The number of nitrogens with zero attached hydrogens (tertiary/aromatic N) is 3. The van der Waals surface area contributed by atoms with Crippen molar-refractivity contribution >= 4 is 11.6 Å². The van der Waals surface area contributed by atoms with Crippen LogP contribution in [0.4, 0.5) is 0 Å². The summed E-state index contributed by atoms with van der Waals surface area (Å²) in [4.78, 5) is 2.33. The number of hydrogen-bond donors (Lipinski definition) is 1. The monoisotopic (exact) mass is 322 g/mol. The summed E-state index contributed by atoms with van der Waals surface area (Å²) in [6.45, 7) is 2.51. The maximum Gasteiger partial charge on any atom is 0.124 e. The van der Waals surface area contributed by atoms with E-state index in [-0.39, 0.29) is 12.0 Å². The molecule has 22 heavy (non-hydrogen) atoms. The topological polar surface area (TPSA) is 63.3 Å². The molecule has 1 fully saturated rings. The molecule has 118 valence electrons. The Balaban J connectivity index is 1.74. The first-order valence-corrected chi connectivity index (χ1v) is 7.52. The Morgan fingerprint density at radius 2 is 2.23 bits per heavy atom. The molecule has 0 saturated carbocycles. The zero-order chi connectivity index (χ0) is 15.5. The maximum absolute atomic E-state index is 6.02. The average molecular weight is 323 g/mol. The minimum Gasteiger partial charge on any atom is -0.496 e. The number of H-pyrrole nitrogens is 1. The van der Waals surface area contributed by atoms with Crippen molar-refractivity contribution in [2.45, 2.75) is 18.6 Å². The highest BCUT2D eigenvalue weighted by Gasteiger charge is 2.35. The minimum atomic E-state index is 0.114. The SMILES string of the molecule is COc1cc(Cl)ccc1CN1C[C@@H](OC)[C@H](c2cn[nH]n2)C1. The van der Waals surface area contributed by atoms with Gasteiger partial charge in [-0.15, -0.1) is 0 Å². The highest BCUT2D eigenvalue weighted by atomic mass is 35.5. The van der Waals surface area contributed by atoms with Crippen LogP contribution >= 0.6 is 11.6 Å². The number of likely N-dealkylation sites (tertiary alicyclic amines) is 1. The first kappa shape index (κ1) is 15.3. The van der Waals surface area contributed by atoms with Crippen LogP contribution in [-0.2, 0) is 11.3 Å². The van der Waals surface area contributed by atoms with Crippen LogP contribution in [0.2, 0.25) is 5.02 Å². The Morgan fingerprint density at radius 3 is 2.91 bits per heavy atom. The van der Waals surface area contributed by atoms with E-state index in [0.29, 0.717) is 5.02 Å². The van der Waals surface area contributed by atoms with Crippen molar-refractivity contribution < 1.29 is 9.47 Å². The summed E-state index contributed by atoms with van der Waals surface area (Å²) in [5.74, 6) is 1.04. The van der Waals surface area contributed by atoms with Crippen LogP contribution in [0, 0.1) is 0 Å². The fourth-order valence-corrected chi connectivity index (χ4v) is 3.15. The van der Waals surface area contributed by atoms with Gasteiger partial charge < -0.3 is 9.47 Å². The molecule has 1 aromatic carbocycles. The van der Waals surface area contributed by atoms with Gasteiger partial charge in [0, 0.05) is 43.2 Å². The van der Waals surface area contributed by atoms with Crippen LogP contribution in [0.3, 0.4) is 0 Å². The van der Waals surface area contributed by atoms with E-state index in [4.69, 9.17) is 21.1 Å². The maximum atomic E-state index is 6.02. The molecular weight excluding hydrogens is 304 g/mol. The lowest BCUT2D eigenvalue weighted by Gasteiger charge is -2.17. The smallest absolute Gasteiger partial charge is 0.124 e. The second-order valence-corrected chi connectivity index (χ2v) is 5.86. The number of rotatable bonds is 5. The second-order valence-electron chi connectivity index (χ2n) is 5.43. The van der Waals surface area contributed by atoms with E-state index in [2.05, 4.69) is 20.3 Å². The lowest BCUT2D eigenvalue weighted by molar-refractivity contribution is 0.0956. The van der Waals surface area contributed by atoms with Crippen molar-refractivity contribution in [3.63, 3.8) is 0 Å². The minimum absolute atomic E-state index is 0.114. The quantitative estimate of drug-likeness (QED) is 0.913. The van der Waals surface area contributed by atoms with E-state index in [1.807, 2.05) is 18.2 Å². The molecule has 0 radical (unpaired) electrons. The van der Waals surface area contributed by atoms with E-state index in [9.17, 15) is 0 Å². The number of nitrogens with one attached hydrogen (secondary N) is 1. The number of aromatic amines is 1.